The maximum atomic E-state index is 6.83. The Morgan fingerprint density at radius 2 is 0.800 bits per heavy atom. The number of para-hydroxylation sites is 5. The second-order valence-electron chi connectivity index (χ2n) is 13.6. The molecule has 7 aromatic carbocycles. The van der Waals surface area contributed by atoms with E-state index in [-0.39, 0.29) is 13.4 Å². The molecule has 0 amide bonds. The fraction of sp³-hybridized carbons (Fsp3) is 0. The zero-order valence-electron chi connectivity index (χ0n) is 26.4. The molecule has 0 unspecified atom stereocenters. The molecule has 230 valence electrons. The summed E-state index contributed by atoms with van der Waals surface area (Å²) in [4.78, 5) is 4.73. The summed E-state index contributed by atoms with van der Waals surface area (Å²) in [6, 6.07) is 46.6. The van der Waals surface area contributed by atoms with E-state index in [1.807, 2.05) is 42.5 Å². The molecule has 6 heterocycles. The van der Waals surface area contributed by atoms with Gasteiger partial charge in [0.2, 0.25) is 0 Å². The van der Waals surface area contributed by atoms with Gasteiger partial charge in [0.25, 0.3) is 13.4 Å². The van der Waals surface area contributed by atoms with E-state index in [1.54, 1.807) is 0 Å². The molecule has 0 atom stereocenters. The van der Waals surface area contributed by atoms with Crippen molar-refractivity contribution >= 4 is 80.3 Å². The van der Waals surface area contributed by atoms with Gasteiger partial charge in [-0.3, -0.25) is 0 Å². The first kappa shape index (κ1) is 25.5. The van der Waals surface area contributed by atoms with Gasteiger partial charge in [-0.2, -0.15) is 0 Å². The van der Waals surface area contributed by atoms with Crippen LogP contribution in [0.15, 0.2) is 133 Å². The van der Waals surface area contributed by atoms with Gasteiger partial charge in [-0.25, -0.2) is 0 Å². The van der Waals surface area contributed by atoms with Crippen molar-refractivity contribution in [2.45, 2.75) is 0 Å². The summed E-state index contributed by atoms with van der Waals surface area (Å²) in [5, 5.41) is 0. The smallest absolute Gasteiger partial charge is 0.256 e. The molecule has 7 aromatic rings. The molecule has 0 aliphatic carbocycles. The predicted molar refractivity (Wildman–Crippen MR) is 198 cm³/mol. The lowest BCUT2D eigenvalue weighted by atomic mass is 9.33. The maximum absolute atomic E-state index is 6.83. The van der Waals surface area contributed by atoms with Gasteiger partial charge in [0.05, 0.1) is 22.7 Å². The Labute approximate surface area is 287 Å². The molecule has 0 saturated heterocycles. The number of ether oxygens (including phenoxy) is 4. The van der Waals surface area contributed by atoms with Crippen LogP contribution in [0.3, 0.4) is 0 Å². The fourth-order valence-corrected chi connectivity index (χ4v) is 9.22. The Balaban J connectivity index is 1.06. The van der Waals surface area contributed by atoms with Crippen LogP contribution in [0.1, 0.15) is 0 Å². The quantitative estimate of drug-likeness (QED) is 0.172. The molecule has 50 heavy (non-hydrogen) atoms. The first-order valence-corrected chi connectivity index (χ1v) is 17.0. The van der Waals surface area contributed by atoms with Crippen LogP contribution in [-0.2, 0) is 0 Å². The second-order valence-corrected chi connectivity index (χ2v) is 13.6. The van der Waals surface area contributed by atoms with Crippen LogP contribution in [0.5, 0.6) is 46.0 Å². The normalized spacial score (nSPS) is 14.9. The molecular weight excluding hydrogens is 618 g/mol. The van der Waals surface area contributed by atoms with Gasteiger partial charge in [0.1, 0.15) is 23.0 Å². The van der Waals surface area contributed by atoms with Crippen molar-refractivity contribution in [3.05, 3.63) is 133 Å². The molecule has 13 rings (SSSR count). The third-order valence-corrected chi connectivity index (χ3v) is 11.1. The maximum Gasteiger partial charge on any atom is 0.256 e. The summed E-state index contributed by atoms with van der Waals surface area (Å²) in [6.07, 6.45) is 0. The highest BCUT2D eigenvalue weighted by atomic mass is 16.5. The number of fused-ring (bicyclic) bond motifs is 14. The van der Waals surface area contributed by atoms with E-state index in [9.17, 15) is 0 Å². The van der Waals surface area contributed by atoms with Crippen LogP contribution in [0.25, 0.3) is 0 Å². The number of nitrogens with zero attached hydrogens (tertiary/aromatic N) is 2. The highest BCUT2D eigenvalue weighted by molar-refractivity contribution is 7.00. The highest BCUT2D eigenvalue weighted by Gasteiger charge is 2.48. The van der Waals surface area contributed by atoms with E-state index in [0.29, 0.717) is 0 Å². The second kappa shape index (κ2) is 8.73. The van der Waals surface area contributed by atoms with Crippen molar-refractivity contribution < 1.29 is 18.9 Å². The molecule has 0 spiro atoms. The van der Waals surface area contributed by atoms with Crippen LogP contribution in [0.2, 0.25) is 0 Å². The molecule has 6 aliphatic heterocycles. The van der Waals surface area contributed by atoms with E-state index in [4.69, 9.17) is 18.9 Å². The molecule has 0 saturated carbocycles. The van der Waals surface area contributed by atoms with Gasteiger partial charge in [-0.1, -0.05) is 66.7 Å². The van der Waals surface area contributed by atoms with Crippen molar-refractivity contribution in [2.24, 2.45) is 0 Å². The van der Waals surface area contributed by atoms with Crippen molar-refractivity contribution in [1.82, 2.24) is 0 Å². The molecule has 0 fully saturated rings. The average Bonchev–Trinajstić information content (AvgIpc) is 3.17. The third-order valence-electron chi connectivity index (χ3n) is 11.1. The van der Waals surface area contributed by atoms with Crippen molar-refractivity contribution in [1.29, 1.82) is 0 Å². The van der Waals surface area contributed by atoms with Crippen LogP contribution in [0, 0.1) is 0 Å². The molecule has 8 heteroatoms. The van der Waals surface area contributed by atoms with Crippen LogP contribution >= 0.6 is 0 Å². The number of hydrogen-bond acceptors (Lipinski definition) is 6. The summed E-state index contributed by atoms with van der Waals surface area (Å²) in [6.45, 7) is -0.0506. The topological polar surface area (TPSA) is 43.4 Å². The largest absolute Gasteiger partial charge is 0.458 e. The highest BCUT2D eigenvalue weighted by Crippen LogP contribution is 2.56. The predicted octanol–water partition coefficient (Wildman–Crippen LogP) is 6.71. The molecule has 6 aliphatic rings. The van der Waals surface area contributed by atoms with E-state index in [2.05, 4.69) is 101 Å². The summed E-state index contributed by atoms with van der Waals surface area (Å²) in [5.41, 5.74) is 13.3. The van der Waals surface area contributed by atoms with Crippen molar-refractivity contribution in [2.75, 3.05) is 9.80 Å². The Morgan fingerprint density at radius 3 is 1.50 bits per heavy atom. The minimum Gasteiger partial charge on any atom is -0.458 e. The van der Waals surface area contributed by atoms with E-state index >= 15 is 0 Å². The van der Waals surface area contributed by atoms with Crippen LogP contribution in [-0.4, -0.2) is 13.4 Å². The third kappa shape index (κ3) is 2.96. The molecule has 0 radical (unpaired) electrons. The van der Waals surface area contributed by atoms with E-state index in [0.717, 1.165) is 96.5 Å². The summed E-state index contributed by atoms with van der Waals surface area (Å²) >= 11 is 0. The number of rotatable bonds is 0. The Hall–Kier alpha value is -6.53. The number of hydrogen-bond donors (Lipinski definition) is 0. The zero-order chi connectivity index (χ0) is 32.2. The van der Waals surface area contributed by atoms with Crippen LogP contribution < -0.4 is 61.5 Å². The van der Waals surface area contributed by atoms with Gasteiger partial charge in [0, 0.05) is 28.4 Å². The lowest BCUT2D eigenvalue weighted by molar-refractivity contribution is 0.453. The Morgan fingerprint density at radius 1 is 0.320 bits per heavy atom. The molecule has 0 N–H and O–H groups in total. The van der Waals surface area contributed by atoms with Gasteiger partial charge in [0.15, 0.2) is 23.0 Å². The van der Waals surface area contributed by atoms with Gasteiger partial charge in [-0.05, 0) is 82.5 Å². The van der Waals surface area contributed by atoms with Gasteiger partial charge in [-0.15, -0.1) is 0 Å². The number of benzene rings is 7. The molecule has 6 nitrogen and oxygen atoms in total. The lowest BCUT2D eigenvalue weighted by Crippen LogP contribution is -2.60. The molecule has 0 aromatic heterocycles. The first-order valence-electron chi connectivity index (χ1n) is 17.0. The van der Waals surface area contributed by atoms with Gasteiger partial charge >= 0.3 is 0 Å². The summed E-state index contributed by atoms with van der Waals surface area (Å²) < 4.78 is 26.8. The monoisotopic (exact) mass is 640 g/mol. The van der Waals surface area contributed by atoms with Crippen LogP contribution in [0.4, 0.5) is 34.1 Å². The lowest BCUT2D eigenvalue weighted by Gasteiger charge is -2.45. The Kier molecular flexibility index (Phi) is 4.45. The number of anilines is 6. The van der Waals surface area contributed by atoms with Crippen molar-refractivity contribution in [3.8, 4) is 46.0 Å². The minimum atomic E-state index is -0.0793. The van der Waals surface area contributed by atoms with E-state index in [1.165, 1.54) is 16.4 Å². The zero-order valence-corrected chi connectivity index (χ0v) is 26.4. The first-order chi connectivity index (χ1) is 24.8. The fourth-order valence-electron chi connectivity index (χ4n) is 9.22. The van der Waals surface area contributed by atoms with E-state index < -0.39 is 0 Å². The SMILES string of the molecule is c1ccc2c(c1)Oc1ccc3c4c1B2c1ccccc1N4c1cc2c(cc1O3)Oc1ccc3c4c1B2c1ccccc1N4c1ccccc1O3. The van der Waals surface area contributed by atoms with Gasteiger partial charge < -0.3 is 28.7 Å². The minimum absolute atomic E-state index is 0.0287. The summed E-state index contributed by atoms with van der Waals surface area (Å²) in [7, 11) is 0. The standard InChI is InChI=1S/C42H22B2N2O4/c1-5-13-28-23(9-1)43-25-11-3-7-15-31(25)47-33-17-20-36-42(39(33)43)46(28)30-21-26-37(22-38(30)50-36)49-34-18-19-35-41-40(34)44(26)24-10-2-4-12-27(24)45(41)29-14-6-8-16-32(29)48-35/h1-22H. The Bertz CT molecular complexity index is 2550. The summed E-state index contributed by atoms with van der Waals surface area (Å²) in [5.74, 6) is 6.61. The van der Waals surface area contributed by atoms with Crippen molar-refractivity contribution in [3.63, 3.8) is 0 Å². The molecule has 0 bridgehead atoms. The molecular formula is C42H22B2N2O4. The average molecular weight is 640 g/mol.